The molecule has 0 aliphatic carbocycles. The standard InChI is InChI=1S/C24H19ClN4O4/c25-20-8-11-23(22(14-20)29(31)32)33-21-9-6-17(7-10-21)24(30)26-15-18-4-1-2-5-19(18)16-28-13-3-12-27-28/h1-14H,15-16H2,(H,26,30). The van der Waals surface area contributed by atoms with Gasteiger partial charge in [0.15, 0.2) is 0 Å². The highest BCUT2D eigenvalue weighted by Gasteiger charge is 2.17. The maximum Gasteiger partial charge on any atom is 0.313 e. The number of rotatable bonds is 8. The van der Waals surface area contributed by atoms with E-state index in [0.29, 0.717) is 24.4 Å². The van der Waals surface area contributed by atoms with Gasteiger partial charge in [0.05, 0.1) is 11.5 Å². The molecular formula is C24H19ClN4O4. The minimum atomic E-state index is -0.562. The highest BCUT2D eigenvalue weighted by Crippen LogP contribution is 2.33. The van der Waals surface area contributed by atoms with E-state index in [1.54, 1.807) is 30.5 Å². The Balaban J connectivity index is 1.40. The van der Waals surface area contributed by atoms with Gasteiger partial charge in [-0.1, -0.05) is 35.9 Å². The minimum absolute atomic E-state index is 0.0652. The Hall–Kier alpha value is -4.17. The first kappa shape index (κ1) is 22.0. The second-order valence-corrected chi connectivity index (χ2v) is 7.59. The SMILES string of the molecule is O=C(NCc1ccccc1Cn1cccn1)c1ccc(Oc2ccc(Cl)cc2[N+](=O)[O-])cc1. The zero-order valence-corrected chi connectivity index (χ0v) is 18.1. The lowest BCUT2D eigenvalue weighted by molar-refractivity contribution is -0.385. The summed E-state index contributed by atoms with van der Waals surface area (Å²) in [6.45, 7) is 0.980. The van der Waals surface area contributed by atoms with Crippen LogP contribution in [0.1, 0.15) is 21.5 Å². The Morgan fingerprint density at radius 2 is 1.82 bits per heavy atom. The summed E-state index contributed by atoms with van der Waals surface area (Å²) in [5.41, 5.74) is 2.27. The molecule has 0 radical (unpaired) electrons. The second kappa shape index (κ2) is 9.97. The summed E-state index contributed by atoms with van der Waals surface area (Å²) < 4.78 is 7.44. The van der Waals surface area contributed by atoms with Gasteiger partial charge in [-0.25, -0.2) is 0 Å². The van der Waals surface area contributed by atoms with Crippen LogP contribution >= 0.6 is 11.6 Å². The van der Waals surface area contributed by atoms with Crippen LogP contribution in [0.4, 0.5) is 5.69 Å². The fourth-order valence-corrected chi connectivity index (χ4v) is 3.42. The molecule has 0 atom stereocenters. The van der Waals surface area contributed by atoms with E-state index in [2.05, 4.69) is 10.4 Å². The molecule has 8 nitrogen and oxygen atoms in total. The van der Waals surface area contributed by atoms with Gasteiger partial charge in [0.1, 0.15) is 5.75 Å². The number of nitrogens with one attached hydrogen (secondary N) is 1. The molecule has 9 heteroatoms. The summed E-state index contributed by atoms with van der Waals surface area (Å²) in [7, 11) is 0. The highest BCUT2D eigenvalue weighted by atomic mass is 35.5. The van der Waals surface area contributed by atoms with Gasteiger partial charge in [0.25, 0.3) is 5.91 Å². The predicted octanol–water partition coefficient (Wildman–Crippen LogP) is 5.22. The Labute approximate surface area is 194 Å². The van der Waals surface area contributed by atoms with Crippen molar-refractivity contribution in [3.05, 3.63) is 117 Å². The fourth-order valence-electron chi connectivity index (χ4n) is 3.25. The van der Waals surface area contributed by atoms with Crippen LogP contribution in [-0.4, -0.2) is 20.6 Å². The molecule has 1 heterocycles. The summed E-state index contributed by atoms with van der Waals surface area (Å²) in [6.07, 6.45) is 3.61. The number of aromatic nitrogens is 2. The molecule has 0 saturated heterocycles. The first-order chi connectivity index (χ1) is 16.0. The number of amides is 1. The maximum atomic E-state index is 12.6. The summed E-state index contributed by atoms with van der Waals surface area (Å²) in [5, 5.41) is 18.6. The van der Waals surface area contributed by atoms with E-state index in [4.69, 9.17) is 16.3 Å². The molecule has 166 valence electrons. The van der Waals surface area contributed by atoms with Crippen molar-refractivity contribution in [1.29, 1.82) is 0 Å². The molecule has 3 aromatic carbocycles. The second-order valence-electron chi connectivity index (χ2n) is 7.15. The molecule has 1 amide bonds. The molecule has 0 aliphatic heterocycles. The third-order valence-corrected chi connectivity index (χ3v) is 5.15. The largest absolute Gasteiger partial charge is 0.450 e. The smallest absolute Gasteiger partial charge is 0.313 e. The van der Waals surface area contributed by atoms with Crippen molar-refractivity contribution in [2.75, 3.05) is 0 Å². The lowest BCUT2D eigenvalue weighted by Gasteiger charge is -2.11. The molecule has 4 aromatic rings. The van der Waals surface area contributed by atoms with E-state index < -0.39 is 4.92 Å². The summed E-state index contributed by atoms with van der Waals surface area (Å²) in [4.78, 5) is 23.3. The zero-order chi connectivity index (χ0) is 23.2. The van der Waals surface area contributed by atoms with Crippen molar-refractivity contribution in [1.82, 2.24) is 15.1 Å². The number of ether oxygens (including phenoxy) is 1. The van der Waals surface area contributed by atoms with E-state index >= 15 is 0 Å². The van der Waals surface area contributed by atoms with Crippen molar-refractivity contribution >= 4 is 23.2 Å². The number of nitro groups is 1. The Morgan fingerprint density at radius 1 is 1.06 bits per heavy atom. The summed E-state index contributed by atoms with van der Waals surface area (Å²) in [6, 6.07) is 20.2. The molecule has 0 unspecified atom stereocenters. The molecule has 33 heavy (non-hydrogen) atoms. The van der Waals surface area contributed by atoms with E-state index in [0.717, 1.165) is 11.1 Å². The topological polar surface area (TPSA) is 99.3 Å². The number of halogens is 1. The predicted molar refractivity (Wildman–Crippen MR) is 124 cm³/mol. The monoisotopic (exact) mass is 462 g/mol. The Bertz CT molecular complexity index is 1270. The third-order valence-electron chi connectivity index (χ3n) is 4.91. The lowest BCUT2D eigenvalue weighted by Crippen LogP contribution is -2.23. The van der Waals surface area contributed by atoms with E-state index in [9.17, 15) is 14.9 Å². The van der Waals surface area contributed by atoms with Crippen LogP contribution in [0.25, 0.3) is 0 Å². The first-order valence-electron chi connectivity index (χ1n) is 10.0. The van der Waals surface area contributed by atoms with Crippen molar-refractivity contribution in [3.8, 4) is 11.5 Å². The van der Waals surface area contributed by atoms with Crippen LogP contribution in [0.2, 0.25) is 5.02 Å². The summed E-state index contributed by atoms with van der Waals surface area (Å²) in [5.74, 6) is 0.185. The van der Waals surface area contributed by atoms with Gasteiger partial charge in [0, 0.05) is 35.6 Å². The van der Waals surface area contributed by atoms with Gasteiger partial charge >= 0.3 is 5.69 Å². The molecule has 0 spiro atoms. The lowest BCUT2D eigenvalue weighted by atomic mass is 10.1. The number of nitrogens with zero attached hydrogens (tertiary/aromatic N) is 3. The average molecular weight is 463 g/mol. The number of benzene rings is 3. The van der Waals surface area contributed by atoms with Gasteiger partial charge in [-0.2, -0.15) is 5.10 Å². The van der Waals surface area contributed by atoms with Crippen molar-refractivity contribution in [2.45, 2.75) is 13.1 Å². The summed E-state index contributed by atoms with van der Waals surface area (Å²) >= 11 is 5.83. The van der Waals surface area contributed by atoms with Crippen LogP contribution in [0.3, 0.4) is 0 Å². The van der Waals surface area contributed by atoms with Gasteiger partial charge in [-0.05, 0) is 53.6 Å². The van der Waals surface area contributed by atoms with Crippen LogP contribution < -0.4 is 10.1 Å². The molecule has 1 N–H and O–H groups in total. The Kier molecular flexibility index (Phi) is 6.66. The Morgan fingerprint density at radius 3 is 2.52 bits per heavy atom. The number of hydrogen-bond donors (Lipinski definition) is 1. The first-order valence-corrected chi connectivity index (χ1v) is 10.4. The fraction of sp³-hybridized carbons (Fsp3) is 0.0833. The van der Waals surface area contributed by atoms with Gasteiger partial charge in [-0.15, -0.1) is 0 Å². The van der Waals surface area contributed by atoms with Crippen LogP contribution in [0.15, 0.2) is 85.2 Å². The van der Waals surface area contributed by atoms with Gasteiger partial charge in [0.2, 0.25) is 5.75 Å². The molecule has 0 aliphatic rings. The molecule has 0 bridgehead atoms. The normalized spacial score (nSPS) is 10.6. The maximum absolute atomic E-state index is 12.6. The number of carbonyl (C=O) groups excluding carboxylic acids is 1. The van der Waals surface area contributed by atoms with E-state index in [1.165, 1.54) is 18.2 Å². The van der Waals surface area contributed by atoms with E-state index in [-0.39, 0.29) is 22.4 Å². The van der Waals surface area contributed by atoms with Crippen molar-refractivity contribution in [3.63, 3.8) is 0 Å². The van der Waals surface area contributed by atoms with Crippen LogP contribution in [0.5, 0.6) is 11.5 Å². The molecule has 0 saturated carbocycles. The highest BCUT2D eigenvalue weighted by molar-refractivity contribution is 6.30. The molecular weight excluding hydrogens is 444 g/mol. The molecule has 0 fully saturated rings. The average Bonchev–Trinajstić information content (AvgIpc) is 3.33. The number of nitro benzene ring substituents is 1. The quantitative estimate of drug-likeness (QED) is 0.286. The minimum Gasteiger partial charge on any atom is -0.450 e. The van der Waals surface area contributed by atoms with Crippen molar-refractivity contribution in [2.24, 2.45) is 0 Å². The van der Waals surface area contributed by atoms with Gasteiger partial charge in [-0.3, -0.25) is 19.6 Å². The van der Waals surface area contributed by atoms with E-state index in [1.807, 2.05) is 41.2 Å². The number of hydrogen-bond acceptors (Lipinski definition) is 5. The third kappa shape index (κ3) is 5.55. The zero-order valence-electron chi connectivity index (χ0n) is 17.3. The van der Waals surface area contributed by atoms with Crippen LogP contribution in [0, 0.1) is 10.1 Å². The number of carbonyl (C=O) groups is 1. The van der Waals surface area contributed by atoms with Crippen molar-refractivity contribution < 1.29 is 14.5 Å². The molecule has 1 aromatic heterocycles. The van der Waals surface area contributed by atoms with Gasteiger partial charge < -0.3 is 10.1 Å². The van der Waals surface area contributed by atoms with Crippen LogP contribution in [-0.2, 0) is 13.1 Å². The molecule has 4 rings (SSSR count).